The van der Waals surface area contributed by atoms with Crippen molar-refractivity contribution in [3.63, 3.8) is 0 Å². The first-order chi connectivity index (χ1) is 7.74. The molecule has 16 heavy (non-hydrogen) atoms. The molecule has 6 nitrogen and oxygen atoms in total. The molecule has 1 aliphatic heterocycles. The number of fused-ring (bicyclic) bond motifs is 1. The van der Waals surface area contributed by atoms with Crippen LogP contribution in [0.1, 0.15) is 6.42 Å². The van der Waals surface area contributed by atoms with Crippen LogP contribution in [0.15, 0.2) is 12.4 Å². The van der Waals surface area contributed by atoms with Crippen molar-refractivity contribution in [2.75, 3.05) is 18.0 Å². The molecule has 0 saturated carbocycles. The fourth-order valence-electron chi connectivity index (χ4n) is 1.94. The van der Waals surface area contributed by atoms with E-state index in [1.54, 1.807) is 10.6 Å². The van der Waals surface area contributed by atoms with Gasteiger partial charge in [0, 0.05) is 19.2 Å². The number of nitrogens with zero attached hydrogens (tertiary/aromatic N) is 5. The highest BCUT2D eigenvalue weighted by Crippen LogP contribution is 2.22. The van der Waals surface area contributed by atoms with E-state index in [4.69, 9.17) is 11.6 Å². The van der Waals surface area contributed by atoms with Gasteiger partial charge in [-0.1, -0.05) is 11.6 Å². The van der Waals surface area contributed by atoms with Gasteiger partial charge >= 0.3 is 0 Å². The SMILES string of the molecule is OC1CCN(c2cc(Cl)nc3ncnn23)C1. The highest BCUT2D eigenvalue weighted by atomic mass is 35.5. The van der Waals surface area contributed by atoms with Gasteiger partial charge in [-0.3, -0.25) is 0 Å². The summed E-state index contributed by atoms with van der Waals surface area (Å²) >= 11 is 5.91. The minimum Gasteiger partial charge on any atom is -0.391 e. The van der Waals surface area contributed by atoms with Gasteiger partial charge in [-0.25, -0.2) is 0 Å². The van der Waals surface area contributed by atoms with Crippen LogP contribution in [0.25, 0.3) is 5.78 Å². The van der Waals surface area contributed by atoms with E-state index < -0.39 is 0 Å². The van der Waals surface area contributed by atoms with Gasteiger partial charge in [0.05, 0.1) is 6.10 Å². The summed E-state index contributed by atoms with van der Waals surface area (Å²) < 4.78 is 1.63. The number of aliphatic hydroxyl groups is 1. The zero-order chi connectivity index (χ0) is 11.1. The zero-order valence-electron chi connectivity index (χ0n) is 8.41. The second kappa shape index (κ2) is 3.57. The Hall–Kier alpha value is -1.40. The lowest BCUT2D eigenvalue weighted by atomic mass is 10.3. The normalized spacial score (nSPS) is 20.9. The van der Waals surface area contributed by atoms with Crippen LogP contribution < -0.4 is 4.90 Å². The predicted octanol–water partition coefficient (Wildman–Crippen LogP) is 0.349. The number of halogens is 1. The summed E-state index contributed by atoms with van der Waals surface area (Å²) in [6.45, 7) is 1.38. The molecule has 0 amide bonds. The molecule has 2 aromatic heterocycles. The van der Waals surface area contributed by atoms with Crippen molar-refractivity contribution >= 4 is 23.2 Å². The molecule has 1 unspecified atom stereocenters. The highest BCUT2D eigenvalue weighted by Gasteiger charge is 2.23. The first-order valence-corrected chi connectivity index (χ1v) is 5.41. The quantitative estimate of drug-likeness (QED) is 0.728. The topological polar surface area (TPSA) is 66.5 Å². The maximum atomic E-state index is 9.52. The molecule has 0 radical (unpaired) electrons. The van der Waals surface area contributed by atoms with Crippen LogP contribution in [-0.2, 0) is 0 Å². The van der Waals surface area contributed by atoms with Crippen molar-refractivity contribution in [3.8, 4) is 0 Å². The van der Waals surface area contributed by atoms with Crippen molar-refractivity contribution in [2.24, 2.45) is 0 Å². The Bertz CT molecular complexity index is 528. The summed E-state index contributed by atoms with van der Waals surface area (Å²) in [6.07, 6.45) is 1.91. The Kier molecular flexibility index (Phi) is 2.19. The Balaban J connectivity index is 2.11. The molecule has 0 aromatic carbocycles. The molecule has 2 aromatic rings. The van der Waals surface area contributed by atoms with Gasteiger partial charge in [-0.15, -0.1) is 0 Å². The van der Waals surface area contributed by atoms with Crippen molar-refractivity contribution in [1.82, 2.24) is 19.6 Å². The number of aliphatic hydroxyl groups excluding tert-OH is 1. The molecular formula is C9H10ClN5O. The van der Waals surface area contributed by atoms with Crippen LogP contribution >= 0.6 is 11.6 Å². The summed E-state index contributed by atoms with van der Waals surface area (Å²) in [5, 5.41) is 14.0. The summed E-state index contributed by atoms with van der Waals surface area (Å²) in [5.41, 5.74) is 0. The van der Waals surface area contributed by atoms with Crippen LogP contribution in [0, 0.1) is 0 Å². The smallest absolute Gasteiger partial charge is 0.255 e. The molecule has 1 fully saturated rings. The maximum absolute atomic E-state index is 9.52. The van der Waals surface area contributed by atoms with E-state index in [9.17, 15) is 5.11 Å². The molecule has 0 aliphatic carbocycles. The first-order valence-electron chi connectivity index (χ1n) is 5.03. The minimum absolute atomic E-state index is 0.287. The van der Waals surface area contributed by atoms with Crippen molar-refractivity contribution in [3.05, 3.63) is 17.5 Å². The number of anilines is 1. The van der Waals surface area contributed by atoms with Gasteiger partial charge in [0.1, 0.15) is 17.3 Å². The fourth-order valence-corrected chi connectivity index (χ4v) is 2.12. The molecule has 3 rings (SSSR count). The molecule has 0 spiro atoms. The van der Waals surface area contributed by atoms with Crippen molar-refractivity contribution < 1.29 is 5.11 Å². The fraction of sp³-hybridized carbons (Fsp3) is 0.444. The van der Waals surface area contributed by atoms with Gasteiger partial charge in [0.2, 0.25) is 0 Å². The van der Waals surface area contributed by atoms with Crippen LogP contribution in [-0.4, -0.2) is 43.9 Å². The lowest BCUT2D eigenvalue weighted by molar-refractivity contribution is 0.198. The molecule has 1 N–H and O–H groups in total. The number of rotatable bonds is 1. The number of β-amino-alcohol motifs (C(OH)–C–C–N with tert-alkyl or cyclic N) is 1. The summed E-state index contributed by atoms with van der Waals surface area (Å²) in [6, 6.07) is 1.74. The molecule has 1 aliphatic rings. The second-order valence-electron chi connectivity index (χ2n) is 3.80. The summed E-state index contributed by atoms with van der Waals surface area (Å²) in [5.74, 6) is 1.30. The Morgan fingerprint density at radius 1 is 1.50 bits per heavy atom. The van der Waals surface area contributed by atoms with Gasteiger partial charge in [-0.2, -0.15) is 19.6 Å². The molecule has 3 heterocycles. The molecule has 1 saturated heterocycles. The van der Waals surface area contributed by atoms with E-state index in [0.29, 0.717) is 17.5 Å². The third kappa shape index (κ3) is 1.50. The standard InChI is InChI=1S/C9H10ClN5O/c10-7-3-8(14-2-1-6(16)4-14)15-9(13-7)11-5-12-15/h3,5-6,16H,1-2,4H2. The average molecular weight is 240 g/mol. The van der Waals surface area contributed by atoms with Gasteiger partial charge in [-0.05, 0) is 6.42 Å². The van der Waals surface area contributed by atoms with E-state index >= 15 is 0 Å². The third-order valence-electron chi connectivity index (χ3n) is 2.69. The molecule has 84 valence electrons. The van der Waals surface area contributed by atoms with Gasteiger partial charge in [0.15, 0.2) is 0 Å². The third-order valence-corrected chi connectivity index (χ3v) is 2.88. The lowest BCUT2D eigenvalue weighted by Gasteiger charge is -2.18. The van der Waals surface area contributed by atoms with E-state index in [1.165, 1.54) is 6.33 Å². The van der Waals surface area contributed by atoms with Gasteiger partial charge < -0.3 is 10.0 Å². The Morgan fingerprint density at radius 3 is 3.12 bits per heavy atom. The minimum atomic E-state index is -0.287. The summed E-state index contributed by atoms with van der Waals surface area (Å²) in [4.78, 5) is 10.1. The highest BCUT2D eigenvalue weighted by molar-refractivity contribution is 6.29. The van der Waals surface area contributed by atoms with Gasteiger partial charge in [0.25, 0.3) is 5.78 Å². The molecule has 1 atom stereocenters. The van der Waals surface area contributed by atoms with E-state index in [-0.39, 0.29) is 6.10 Å². The van der Waals surface area contributed by atoms with Crippen molar-refractivity contribution in [2.45, 2.75) is 12.5 Å². The maximum Gasteiger partial charge on any atom is 0.255 e. The monoisotopic (exact) mass is 239 g/mol. The Morgan fingerprint density at radius 2 is 2.38 bits per heavy atom. The number of hydrogen-bond donors (Lipinski definition) is 1. The molecule has 7 heteroatoms. The van der Waals surface area contributed by atoms with E-state index in [1.807, 2.05) is 4.90 Å². The predicted molar refractivity (Wildman–Crippen MR) is 58.6 cm³/mol. The van der Waals surface area contributed by atoms with Crippen LogP contribution in [0.2, 0.25) is 5.15 Å². The second-order valence-corrected chi connectivity index (χ2v) is 4.18. The lowest BCUT2D eigenvalue weighted by Crippen LogP contribution is -2.24. The van der Waals surface area contributed by atoms with Crippen LogP contribution in [0.4, 0.5) is 5.82 Å². The molecule has 0 bridgehead atoms. The Labute approximate surface area is 96.5 Å². The van der Waals surface area contributed by atoms with Crippen LogP contribution in [0.5, 0.6) is 0 Å². The molecular weight excluding hydrogens is 230 g/mol. The summed E-state index contributed by atoms with van der Waals surface area (Å²) in [7, 11) is 0. The van der Waals surface area contributed by atoms with Crippen molar-refractivity contribution in [1.29, 1.82) is 0 Å². The zero-order valence-corrected chi connectivity index (χ0v) is 9.17. The number of hydrogen-bond acceptors (Lipinski definition) is 5. The number of aromatic nitrogens is 4. The van der Waals surface area contributed by atoms with E-state index in [0.717, 1.165) is 18.8 Å². The largest absolute Gasteiger partial charge is 0.391 e. The van der Waals surface area contributed by atoms with Crippen LogP contribution in [0.3, 0.4) is 0 Å². The first kappa shape index (κ1) is 9.80. The average Bonchev–Trinajstić information content (AvgIpc) is 2.84. The van der Waals surface area contributed by atoms with E-state index in [2.05, 4.69) is 15.1 Å².